The summed E-state index contributed by atoms with van der Waals surface area (Å²) in [6.45, 7) is 0.705. The van der Waals surface area contributed by atoms with E-state index in [0.717, 1.165) is 4.90 Å². The van der Waals surface area contributed by atoms with Crippen molar-refractivity contribution in [2.45, 2.75) is 12.8 Å². The predicted molar refractivity (Wildman–Crippen MR) is 100 cm³/mol. The Morgan fingerprint density at radius 3 is 2.11 bits per heavy atom. The van der Waals surface area contributed by atoms with Gasteiger partial charge in [-0.1, -0.05) is 12.1 Å². The van der Waals surface area contributed by atoms with E-state index in [9.17, 15) is 24.3 Å². The van der Waals surface area contributed by atoms with Gasteiger partial charge >= 0.3 is 5.97 Å². The molecule has 3 amide bonds. The third-order valence-electron chi connectivity index (χ3n) is 5.22. The molecule has 1 saturated heterocycles. The van der Waals surface area contributed by atoms with Crippen molar-refractivity contribution in [1.29, 1.82) is 0 Å². The monoisotopic (exact) mass is 378 g/mol. The standard InChI is InChI=1S/C21H18N2O5/c24-18(22-11-3-4-14(12-22)21(27)28)13-7-9-15(10-8-13)23-19(25)16-5-1-2-6-17(16)20(23)26/h1-2,5-10,14H,3-4,11-12H2,(H,27,28). The van der Waals surface area contributed by atoms with Crippen LogP contribution in [0.15, 0.2) is 48.5 Å². The van der Waals surface area contributed by atoms with Gasteiger partial charge in [-0.2, -0.15) is 0 Å². The molecular weight excluding hydrogens is 360 g/mol. The van der Waals surface area contributed by atoms with Gasteiger partial charge in [0.2, 0.25) is 0 Å². The van der Waals surface area contributed by atoms with E-state index in [2.05, 4.69) is 0 Å². The molecule has 7 heteroatoms. The van der Waals surface area contributed by atoms with Crippen molar-refractivity contribution in [2.24, 2.45) is 5.92 Å². The molecule has 2 heterocycles. The minimum atomic E-state index is -0.890. The number of benzene rings is 2. The highest BCUT2D eigenvalue weighted by Gasteiger charge is 2.36. The molecule has 28 heavy (non-hydrogen) atoms. The molecule has 4 rings (SSSR count). The third kappa shape index (κ3) is 2.94. The fourth-order valence-corrected chi connectivity index (χ4v) is 3.72. The Hall–Kier alpha value is -3.48. The average Bonchev–Trinajstić information content (AvgIpc) is 2.98. The minimum Gasteiger partial charge on any atom is -0.481 e. The van der Waals surface area contributed by atoms with E-state index >= 15 is 0 Å². The maximum Gasteiger partial charge on any atom is 0.308 e. The van der Waals surface area contributed by atoms with Crippen LogP contribution in [0.5, 0.6) is 0 Å². The smallest absolute Gasteiger partial charge is 0.308 e. The molecule has 0 saturated carbocycles. The lowest BCUT2D eigenvalue weighted by Gasteiger charge is -2.30. The molecule has 2 aliphatic heterocycles. The molecule has 1 unspecified atom stereocenters. The molecule has 0 bridgehead atoms. The van der Waals surface area contributed by atoms with E-state index in [0.29, 0.717) is 41.8 Å². The molecule has 142 valence electrons. The number of aliphatic carboxylic acids is 1. The number of rotatable bonds is 3. The first kappa shape index (κ1) is 17.9. The number of carbonyl (C=O) groups excluding carboxylic acids is 3. The van der Waals surface area contributed by atoms with Crippen LogP contribution in [0.1, 0.15) is 43.9 Å². The van der Waals surface area contributed by atoms with E-state index in [1.54, 1.807) is 53.4 Å². The topological polar surface area (TPSA) is 95.0 Å². The van der Waals surface area contributed by atoms with E-state index in [4.69, 9.17) is 0 Å². The van der Waals surface area contributed by atoms with Gasteiger partial charge in [0, 0.05) is 18.7 Å². The zero-order chi connectivity index (χ0) is 19.8. The minimum absolute atomic E-state index is 0.189. The summed E-state index contributed by atoms with van der Waals surface area (Å²) in [5.41, 5.74) is 1.51. The van der Waals surface area contributed by atoms with Gasteiger partial charge in [-0.15, -0.1) is 0 Å². The predicted octanol–water partition coefficient (Wildman–Crippen LogP) is 2.42. The van der Waals surface area contributed by atoms with Crippen LogP contribution in [0.4, 0.5) is 5.69 Å². The van der Waals surface area contributed by atoms with E-state index in [1.807, 2.05) is 0 Å². The molecule has 0 radical (unpaired) electrons. The van der Waals surface area contributed by atoms with Crippen LogP contribution in [0.2, 0.25) is 0 Å². The number of carboxylic acids is 1. The van der Waals surface area contributed by atoms with Gasteiger partial charge in [0.15, 0.2) is 0 Å². The molecule has 7 nitrogen and oxygen atoms in total. The van der Waals surface area contributed by atoms with Crippen molar-refractivity contribution in [2.75, 3.05) is 18.0 Å². The number of carbonyl (C=O) groups is 4. The van der Waals surface area contributed by atoms with Gasteiger partial charge in [0.05, 0.1) is 22.7 Å². The number of amides is 3. The number of fused-ring (bicyclic) bond motifs is 1. The van der Waals surface area contributed by atoms with E-state index < -0.39 is 11.9 Å². The first-order valence-corrected chi connectivity index (χ1v) is 9.07. The molecule has 1 atom stereocenters. The fourth-order valence-electron chi connectivity index (χ4n) is 3.72. The second-order valence-electron chi connectivity index (χ2n) is 6.97. The Balaban J connectivity index is 1.53. The first-order chi connectivity index (χ1) is 13.5. The quantitative estimate of drug-likeness (QED) is 0.828. The van der Waals surface area contributed by atoms with E-state index in [1.165, 1.54) is 0 Å². The lowest BCUT2D eigenvalue weighted by molar-refractivity contribution is -0.143. The normalized spacial score (nSPS) is 18.9. The van der Waals surface area contributed by atoms with Crippen LogP contribution in [0.25, 0.3) is 0 Å². The van der Waals surface area contributed by atoms with Crippen molar-refractivity contribution in [3.05, 3.63) is 65.2 Å². The van der Waals surface area contributed by atoms with Crippen LogP contribution in [-0.4, -0.2) is 46.8 Å². The van der Waals surface area contributed by atoms with Crippen molar-refractivity contribution in [3.8, 4) is 0 Å². The molecule has 0 spiro atoms. The summed E-state index contributed by atoms with van der Waals surface area (Å²) in [6.07, 6.45) is 1.22. The lowest BCUT2D eigenvalue weighted by atomic mass is 9.97. The van der Waals surface area contributed by atoms with Gasteiger partial charge in [-0.05, 0) is 49.2 Å². The molecule has 1 N–H and O–H groups in total. The number of anilines is 1. The first-order valence-electron chi connectivity index (χ1n) is 9.07. The van der Waals surface area contributed by atoms with Crippen LogP contribution in [0, 0.1) is 5.92 Å². The Labute approximate surface area is 161 Å². The molecule has 2 aliphatic rings. The fraction of sp³-hybridized carbons (Fsp3) is 0.238. The largest absolute Gasteiger partial charge is 0.481 e. The number of nitrogens with zero attached hydrogens (tertiary/aromatic N) is 2. The zero-order valence-electron chi connectivity index (χ0n) is 15.0. The van der Waals surface area contributed by atoms with Gasteiger partial charge in [0.1, 0.15) is 0 Å². The van der Waals surface area contributed by atoms with Gasteiger partial charge < -0.3 is 10.0 Å². The van der Waals surface area contributed by atoms with Crippen molar-refractivity contribution in [1.82, 2.24) is 4.90 Å². The van der Waals surface area contributed by atoms with Crippen molar-refractivity contribution in [3.63, 3.8) is 0 Å². The molecule has 0 aliphatic carbocycles. The number of hydrogen-bond acceptors (Lipinski definition) is 4. The number of likely N-dealkylation sites (tertiary alicyclic amines) is 1. The lowest BCUT2D eigenvalue weighted by Crippen LogP contribution is -2.42. The molecular formula is C21H18N2O5. The summed E-state index contributed by atoms with van der Waals surface area (Å²) in [5.74, 6) is -2.46. The number of hydrogen-bond donors (Lipinski definition) is 1. The summed E-state index contributed by atoms with van der Waals surface area (Å²) >= 11 is 0. The third-order valence-corrected chi connectivity index (χ3v) is 5.22. The van der Waals surface area contributed by atoms with Crippen LogP contribution >= 0.6 is 0 Å². The van der Waals surface area contributed by atoms with Gasteiger partial charge in [0.25, 0.3) is 17.7 Å². The van der Waals surface area contributed by atoms with Crippen molar-refractivity contribution >= 4 is 29.4 Å². The number of piperidine rings is 1. The Morgan fingerprint density at radius 2 is 1.54 bits per heavy atom. The number of carboxylic acid groups (broad SMARTS) is 1. The Bertz CT molecular complexity index is 948. The zero-order valence-corrected chi connectivity index (χ0v) is 15.0. The van der Waals surface area contributed by atoms with Crippen LogP contribution in [0.3, 0.4) is 0 Å². The maximum absolute atomic E-state index is 12.7. The molecule has 1 fully saturated rings. The van der Waals surface area contributed by atoms with Crippen LogP contribution in [-0.2, 0) is 4.79 Å². The SMILES string of the molecule is O=C(O)C1CCCN(C(=O)c2ccc(N3C(=O)c4ccccc4C3=O)cc2)C1. The highest BCUT2D eigenvalue weighted by atomic mass is 16.4. The van der Waals surface area contributed by atoms with Gasteiger partial charge in [-0.25, -0.2) is 4.90 Å². The Morgan fingerprint density at radius 1 is 0.929 bits per heavy atom. The van der Waals surface area contributed by atoms with Gasteiger partial charge in [-0.3, -0.25) is 19.2 Å². The van der Waals surface area contributed by atoms with Crippen molar-refractivity contribution < 1.29 is 24.3 Å². The summed E-state index contributed by atoms with van der Waals surface area (Å²) in [5, 5.41) is 9.18. The van der Waals surface area contributed by atoms with E-state index in [-0.39, 0.29) is 24.3 Å². The summed E-state index contributed by atoms with van der Waals surface area (Å²) in [6, 6.07) is 12.9. The highest BCUT2D eigenvalue weighted by Crippen LogP contribution is 2.28. The summed E-state index contributed by atoms with van der Waals surface area (Å²) in [4.78, 5) is 51.6. The maximum atomic E-state index is 12.7. The Kier molecular flexibility index (Phi) is 4.43. The highest BCUT2D eigenvalue weighted by molar-refractivity contribution is 6.34. The summed E-state index contributed by atoms with van der Waals surface area (Å²) < 4.78 is 0. The summed E-state index contributed by atoms with van der Waals surface area (Å²) in [7, 11) is 0. The molecule has 2 aromatic rings. The average molecular weight is 378 g/mol. The number of imide groups is 1. The van der Waals surface area contributed by atoms with Crippen LogP contribution < -0.4 is 4.90 Å². The molecule has 2 aromatic carbocycles. The second-order valence-corrected chi connectivity index (χ2v) is 6.97. The molecule has 0 aromatic heterocycles. The second kappa shape index (κ2) is 6.92.